The zero-order valence-electron chi connectivity index (χ0n) is 8.70. The monoisotopic (exact) mass is 259 g/mol. The van der Waals surface area contributed by atoms with Crippen LogP contribution in [-0.2, 0) is 11.2 Å². The number of hydrogen-bond acceptors (Lipinski definition) is 3. The first kappa shape index (κ1) is 16.2. The third-order valence-corrected chi connectivity index (χ3v) is 2.28. The first-order chi connectivity index (χ1) is 7.54. The normalized spacial score (nSPS) is 10.9. The van der Waals surface area contributed by atoms with Gasteiger partial charge >= 0.3 is 29.6 Å². The second-order valence-corrected chi connectivity index (χ2v) is 3.74. The first-order valence-electron chi connectivity index (χ1n) is 4.62. The van der Waals surface area contributed by atoms with Gasteiger partial charge in [-0.15, -0.1) is 0 Å². The van der Waals surface area contributed by atoms with Gasteiger partial charge in [0.2, 0.25) is 0 Å². The van der Waals surface area contributed by atoms with Crippen LogP contribution in [0, 0.1) is 11.3 Å². The molecule has 0 spiro atoms. The number of allylic oxidation sites excluding steroid dienone is 2. The molecule has 0 bridgehead atoms. The van der Waals surface area contributed by atoms with Crippen molar-refractivity contribution in [2.45, 2.75) is 13.3 Å². The van der Waals surface area contributed by atoms with Gasteiger partial charge in [0.15, 0.2) is 5.78 Å². The van der Waals surface area contributed by atoms with E-state index < -0.39 is 5.78 Å². The molecule has 0 saturated heterocycles. The molecule has 0 amide bonds. The van der Waals surface area contributed by atoms with E-state index in [9.17, 15) is 4.79 Å². The third-order valence-electron chi connectivity index (χ3n) is 2.03. The van der Waals surface area contributed by atoms with Gasteiger partial charge in [-0.25, -0.2) is 0 Å². The number of rotatable bonds is 3. The van der Waals surface area contributed by atoms with Gasteiger partial charge in [-0.05, 0) is 24.6 Å². The molecule has 0 aromatic heterocycles. The van der Waals surface area contributed by atoms with Crippen LogP contribution in [0.5, 0.6) is 0 Å². The van der Waals surface area contributed by atoms with Gasteiger partial charge in [0.25, 0.3) is 0 Å². The van der Waals surface area contributed by atoms with Crippen molar-refractivity contribution in [3.8, 4) is 6.07 Å². The minimum atomic E-state index is -0.398. The zero-order valence-corrected chi connectivity index (χ0v) is 9.45. The Hall–Kier alpha value is -0.790. The number of carbonyl (C=O) groups excluding carboxylic acids is 1. The Morgan fingerprint density at radius 1 is 1.41 bits per heavy atom. The van der Waals surface area contributed by atoms with E-state index in [0.29, 0.717) is 5.02 Å². The maximum absolute atomic E-state index is 11.6. The number of aliphatic hydroxyl groups is 1. The van der Waals surface area contributed by atoms with E-state index in [1.165, 1.54) is 6.92 Å². The molecule has 1 rings (SSSR count). The van der Waals surface area contributed by atoms with Crippen molar-refractivity contribution >= 4 is 46.9 Å². The van der Waals surface area contributed by atoms with Crippen LogP contribution in [0.25, 0.3) is 0 Å². The van der Waals surface area contributed by atoms with Crippen LogP contribution in [0.3, 0.4) is 0 Å². The van der Waals surface area contributed by atoms with Crippen LogP contribution in [0.2, 0.25) is 5.02 Å². The summed E-state index contributed by atoms with van der Waals surface area (Å²) >= 11 is 5.70. The molecule has 0 aliphatic heterocycles. The molecule has 84 valence electrons. The summed E-state index contributed by atoms with van der Waals surface area (Å²) in [5.41, 5.74) is 0.554. The fraction of sp³-hybridized carbons (Fsp3) is 0.167. The Balaban J connectivity index is 0.00000256. The molecule has 0 radical (unpaired) electrons. The average molecular weight is 260 g/mol. The molecular formula is C12H11ClNNaO2. The van der Waals surface area contributed by atoms with Crippen molar-refractivity contribution in [3.63, 3.8) is 0 Å². The summed E-state index contributed by atoms with van der Waals surface area (Å²) in [5.74, 6) is -0.647. The Kier molecular flexibility index (Phi) is 7.17. The molecule has 5 heteroatoms. The maximum atomic E-state index is 11.6. The molecule has 0 unspecified atom stereocenters. The van der Waals surface area contributed by atoms with Gasteiger partial charge in [0, 0.05) is 11.4 Å². The van der Waals surface area contributed by atoms with Crippen molar-refractivity contribution in [1.82, 2.24) is 0 Å². The van der Waals surface area contributed by atoms with Crippen LogP contribution in [0.4, 0.5) is 0 Å². The van der Waals surface area contributed by atoms with Gasteiger partial charge in [0.05, 0.1) is 0 Å². The number of Topliss-reactive ketones (excluding diaryl/α,β-unsaturated/α-hetero) is 1. The number of aliphatic hydroxyl groups excluding tert-OH is 1. The summed E-state index contributed by atoms with van der Waals surface area (Å²) in [6.07, 6.45) is 0.0813. The molecule has 3 nitrogen and oxygen atoms in total. The van der Waals surface area contributed by atoms with Crippen LogP contribution in [0.15, 0.2) is 35.6 Å². The molecule has 1 aromatic rings. The number of benzene rings is 1. The number of ketones is 1. The quantitative estimate of drug-likeness (QED) is 0.392. The predicted octanol–water partition coefficient (Wildman–Crippen LogP) is 2.16. The van der Waals surface area contributed by atoms with Crippen molar-refractivity contribution in [1.29, 1.82) is 5.26 Å². The van der Waals surface area contributed by atoms with E-state index in [4.69, 9.17) is 22.0 Å². The standard InChI is InChI=1S/C12H10ClNO2.Na.H/c1-8(15)11(7-14)12(16)6-9-2-4-10(13)5-3-9;;/h2-5,15H,6H2,1H3;;. The van der Waals surface area contributed by atoms with Gasteiger partial charge in [-0.1, -0.05) is 23.7 Å². The number of nitriles is 1. The Morgan fingerprint density at radius 3 is 2.35 bits per heavy atom. The van der Waals surface area contributed by atoms with Crippen LogP contribution in [0.1, 0.15) is 12.5 Å². The molecule has 17 heavy (non-hydrogen) atoms. The summed E-state index contributed by atoms with van der Waals surface area (Å²) in [7, 11) is 0. The van der Waals surface area contributed by atoms with E-state index >= 15 is 0 Å². The topological polar surface area (TPSA) is 61.1 Å². The predicted molar refractivity (Wildman–Crippen MR) is 68.3 cm³/mol. The number of hydrogen-bond donors (Lipinski definition) is 1. The Bertz CT molecular complexity index is 470. The molecule has 0 heterocycles. The van der Waals surface area contributed by atoms with Gasteiger partial charge < -0.3 is 5.11 Å². The molecular weight excluding hydrogens is 249 g/mol. The second kappa shape index (κ2) is 7.52. The average Bonchev–Trinajstić information content (AvgIpc) is 2.22. The van der Waals surface area contributed by atoms with Crippen LogP contribution in [-0.4, -0.2) is 40.4 Å². The van der Waals surface area contributed by atoms with Gasteiger partial charge in [0.1, 0.15) is 17.4 Å². The van der Waals surface area contributed by atoms with Crippen molar-refractivity contribution in [2.24, 2.45) is 0 Å². The molecule has 0 aliphatic rings. The molecule has 1 aromatic carbocycles. The van der Waals surface area contributed by atoms with Crippen LogP contribution < -0.4 is 0 Å². The third kappa shape index (κ3) is 4.93. The summed E-state index contributed by atoms with van der Waals surface area (Å²) in [6, 6.07) is 8.45. The minimum absolute atomic E-state index is 0. The van der Waals surface area contributed by atoms with Crippen molar-refractivity contribution in [3.05, 3.63) is 46.2 Å². The summed E-state index contributed by atoms with van der Waals surface area (Å²) in [6.45, 7) is 1.32. The van der Waals surface area contributed by atoms with Gasteiger partial charge in [-0.3, -0.25) is 4.79 Å². The van der Waals surface area contributed by atoms with Crippen molar-refractivity contribution < 1.29 is 9.90 Å². The van der Waals surface area contributed by atoms with E-state index in [1.54, 1.807) is 30.3 Å². The van der Waals surface area contributed by atoms with E-state index in [0.717, 1.165) is 5.56 Å². The number of carbonyl (C=O) groups is 1. The van der Waals surface area contributed by atoms with Crippen LogP contribution >= 0.6 is 11.6 Å². The molecule has 1 N–H and O–H groups in total. The molecule has 0 saturated carbocycles. The summed E-state index contributed by atoms with van der Waals surface area (Å²) in [4.78, 5) is 11.6. The fourth-order valence-corrected chi connectivity index (χ4v) is 1.35. The summed E-state index contributed by atoms with van der Waals surface area (Å²) in [5, 5.41) is 18.4. The first-order valence-corrected chi connectivity index (χ1v) is 5.00. The fourth-order valence-electron chi connectivity index (χ4n) is 1.22. The summed E-state index contributed by atoms with van der Waals surface area (Å²) < 4.78 is 0. The van der Waals surface area contributed by atoms with Gasteiger partial charge in [-0.2, -0.15) is 5.26 Å². The number of halogens is 1. The number of nitrogens with zero attached hydrogens (tertiary/aromatic N) is 1. The molecule has 0 fully saturated rings. The molecule has 0 aliphatic carbocycles. The van der Waals surface area contributed by atoms with E-state index in [1.807, 2.05) is 0 Å². The zero-order chi connectivity index (χ0) is 12.1. The Labute approximate surface area is 127 Å². The SMILES string of the molecule is CC(O)=C(C#N)C(=O)Cc1ccc(Cl)cc1.[NaH]. The second-order valence-electron chi connectivity index (χ2n) is 3.30. The molecule has 0 atom stereocenters. The van der Waals surface area contributed by atoms with Crippen molar-refractivity contribution in [2.75, 3.05) is 0 Å². The van der Waals surface area contributed by atoms with E-state index in [-0.39, 0.29) is 47.3 Å². The Morgan fingerprint density at radius 2 is 1.94 bits per heavy atom. The van der Waals surface area contributed by atoms with E-state index in [2.05, 4.69) is 0 Å².